The van der Waals surface area contributed by atoms with E-state index in [0.717, 1.165) is 23.1 Å². The van der Waals surface area contributed by atoms with Crippen molar-refractivity contribution in [3.8, 4) is 0 Å². The minimum atomic E-state index is -0.164. The Morgan fingerprint density at radius 2 is 1.95 bits per heavy atom. The van der Waals surface area contributed by atoms with Crippen LogP contribution in [0.3, 0.4) is 0 Å². The SMILES string of the molecule is Cc1cc(C)c(NC(=O)N(C)CCc2ccncc2)c(Cl)c1. The maximum atomic E-state index is 12.3. The van der Waals surface area contributed by atoms with Crippen LogP contribution in [0.25, 0.3) is 0 Å². The number of likely N-dealkylation sites (N-methyl/N-ethyl adjacent to an activating group) is 1. The number of aromatic nitrogens is 1. The Morgan fingerprint density at radius 3 is 2.59 bits per heavy atom. The van der Waals surface area contributed by atoms with Crippen LogP contribution >= 0.6 is 11.6 Å². The molecule has 5 heteroatoms. The smallest absolute Gasteiger partial charge is 0.321 e. The maximum absolute atomic E-state index is 12.3. The highest BCUT2D eigenvalue weighted by atomic mass is 35.5. The number of rotatable bonds is 4. The number of carbonyl (C=O) groups excluding carboxylic acids is 1. The van der Waals surface area contributed by atoms with Crippen LogP contribution in [0.4, 0.5) is 10.5 Å². The number of nitrogens with one attached hydrogen (secondary N) is 1. The molecule has 2 amide bonds. The van der Waals surface area contributed by atoms with Crippen LogP contribution in [0.15, 0.2) is 36.7 Å². The molecule has 0 atom stereocenters. The molecular formula is C17H20ClN3O. The highest BCUT2D eigenvalue weighted by Crippen LogP contribution is 2.27. The summed E-state index contributed by atoms with van der Waals surface area (Å²) >= 11 is 6.22. The van der Waals surface area contributed by atoms with Gasteiger partial charge in [0, 0.05) is 26.0 Å². The molecule has 1 aromatic carbocycles. The van der Waals surface area contributed by atoms with E-state index in [-0.39, 0.29) is 6.03 Å². The second kappa shape index (κ2) is 7.27. The Balaban J connectivity index is 1.97. The molecule has 0 aliphatic heterocycles. The summed E-state index contributed by atoms with van der Waals surface area (Å²) in [6.07, 6.45) is 4.29. The average molecular weight is 318 g/mol. The molecule has 0 radical (unpaired) electrons. The minimum absolute atomic E-state index is 0.164. The van der Waals surface area contributed by atoms with Crippen molar-refractivity contribution < 1.29 is 4.79 Å². The number of pyridine rings is 1. The standard InChI is InChI=1S/C17H20ClN3O/c1-12-10-13(2)16(15(18)11-12)20-17(22)21(3)9-6-14-4-7-19-8-5-14/h4-5,7-8,10-11H,6,9H2,1-3H3,(H,20,22). The van der Waals surface area contributed by atoms with Crippen molar-refractivity contribution in [2.45, 2.75) is 20.3 Å². The van der Waals surface area contributed by atoms with Gasteiger partial charge in [-0.05, 0) is 55.2 Å². The molecule has 0 unspecified atom stereocenters. The van der Waals surface area contributed by atoms with Gasteiger partial charge >= 0.3 is 6.03 Å². The lowest BCUT2D eigenvalue weighted by Crippen LogP contribution is -2.33. The monoisotopic (exact) mass is 317 g/mol. The fourth-order valence-corrected chi connectivity index (χ4v) is 2.59. The van der Waals surface area contributed by atoms with Crippen LogP contribution in [0, 0.1) is 13.8 Å². The van der Waals surface area contributed by atoms with Gasteiger partial charge in [0.2, 0.25) is 0 Å². The van der Waals surface area contributed by atoms with Gasteiger partial charge in [0.25, 0.3) is 0 Å². The minimum Gasteiger partial charge on any atom is -0.327 e. The summed E-state index contributed by atoms with van der Waals surface area (Å²) in [5.41, 5.74) is 3.86. The van der Waals surface area contributed by atoms with E-state index in [0.29, 0.717) is 17.3 Å². The first-order chi connectivity index (χ1) is 10.5. The van der Waals surface area contributed by atoms with Gasteiger partial charge in [-0.2, -0.15) is 0 Å². The lowest BCUT2D eigenvalue weighted by Gasteiger charge is -2.19. The number of urea groups is 1. The molecule has 116 valence electrons. The summed E-state index contributed by atoms with van der Waals surface area (Å²) in [5.74, 6) is 0. The number of halogens is 1. The molecule has 1 N–H and O–H groups in total. The van der Waals surface area contributed by atoms with Gasteiger partial charge < -0.3 is 10.2 Å². The molecule has 4 nitrogen and oxygen atoms in total. The van der Waals surface area contributed by atoms with Gasteiger partial charge in [0.05, 0.1) is 10.7 Å². The van der Waals surface area contributed by atoms with Crippen LogP contribution in [0.1, 0.15) is 16.7 Å². The Hall–Kier alpha value is -2.07. The second-order valence-corrected chi connectivity index (χ2v) is 5.80. The number of aryl methyl sites for hydroxylation is 2. The van der Waals surface area contributed by atoms with E-state index < -0.39 is 0 Å². The molecule has 22 heavy (non-hydrogen) atoms. The topological polar surface area (TPSA) is 45.2 Å². The number of hydrogen-bond donors (Lipinski definition) is 1. The Bertz CT molecular complexity index is 635. The Morgan fingerprint density at radius 1 is 1.27 bits per heavy atom. The Kier molecular flexibility index (Phi) is 5.39. The fraction of sp³-hybridized carbons (Fsp3) is 0.294. The van der Waals surface area contributed by atoms with Gasteiger partial charge in [0.1, 0.15) is 0 Å². The zero-order valence-electron chi connectivity index (χ0n) is 13.1. The zero-order chi connectivity index (χ0) is 16.1. The molecule has 2 rings (SSSR count). The van der Waals surface area contributed by atoms with E-state index in [9.17, 15) is 4.79 Å². The van der Waals surface area contributed by atoms with Gasteiger partial charge in [-0.15, -0.1) is 0 Å². The summed E-state index contributed by atoms with van der Waals surface area (Å²) in [7, 11) is 1.77. The zero-order valence-corrected chi connectivity index (χ0v) is 13.8. The number of amides is 2. The molecule has 0 saturated heterocycles. The van der Waals surface area contributed by atoms with Crippen molar-refractivity contribution in [3.05, 3.63) is 58.4 Å². The predicted molar refractivity (Wildman–Crippen MR) is 90.5 cm³/mol. The summed E-state index contributed by atoms with van der Waals surface area (Å²) in [6.45, 7) is 4.54. The highest BCUT2D eigenvalue weighted by molar-refractivity contribution is 6.34. The molecule has 0 spiro atoms. The van der Waals surface area contributed by atoms with Crippen molar-refractivity contribution >= 4 is 23.3 Å². The van der Waals surface area contributed by atoms with E-state index in [2.05, 4.69) is 10.3 Å². The summed E-state index contributed by atoms with van der Waals surface area (Å²) in [5, 5.41) is 3.45. The maximum Gasteiger partial charge on any atom is 0.321 e. The van der Waals surface area contributed by atoms with Gasteiger partial charge in [-0.3, -0.25) is 4.98 Å². The molecule has 0 aliphatic carbocycles. The first-order valence-corrected chi connectivity index (χ1v) is 7.53. The largest absolute Gasteiger partial charge is 0.327 e. The molecule has 0 bridgehead atoms. The highest BCUT2D eigenvalue weighted by Gasteiger charge is 2.13. The van der Waals surface area contributed by atoms with E-state index in [1.165, 1.54) is 0 Å². The first-order valence-electron chi connectivity index (χ1n) is 7.15. The normalized spacial score (nSPS) is 10.4. The van der Waals surface area contributed by atoms with Crippen LogP contribution in [-0.4, -0.2) is 29.5 Å². The van der Waals surface area contributed by atoms with Crippen LogP contribution < -0.4 is 5.32 Å². The summed E-state index contributed by atoms with van der Waals surface area (Å²) < 4.78 is 0. The van der Waals surface area contributed by atoms with E-state index in [1.54, 1.807) is 24.3 Å². The average Bonchev–Trinajstić information content (AvgIpc) is 2.49. The third-order valence-corrected chi connectivity index (χ3v) is 3.79. The lowest BCUT2D eigenvalue weighted by molar-refractivity contribution is 0.223. The van der Waals surface area contributed by atoms with Crippen LogP contribution in [0.5, 0.6) is 0 Å². The van der Waals surface area contributed by atoms with Gasteiger partial charge in [0.15, 0.2) is 0 Å². The molecule has 1 heterocycles. The van der Waals surface area contributed by atoms with Crippen molar-refractivity contribution in [3.63, 3.8) is 0 Å². The first kappa shape index (κ1) is 16.3. The number of hydrogen-bond acceptors (Lipinski definition) is 2. The van der Waals surface area contributed by atoms with E-state index in [4.69, 9.17) is 11.6 Å². The third-order valence-electron chi connectivity index (χ3n) is 3.50. The predicted octanol–water partition coefficient (Wildman–Crippen LogP) is 4.06. The van der Waals surface area contributed by atoms with E-state index >= 15 is 0 Å². The van der Waals surface area contributed by atoms with Gasteiger partial charge in [-0.1, -0.05) is 17.7 Å². The van der Waals surface area contributed by atoms with Crippen LogP contribution in [0.2, 0.25) is 5.02 Å². The molecule has 1 aromatic heterocycles. The lowest BCUT2D eigenvalue weighted by atomic mass is 10.1. The van der Waals surface area contributed by atoms with Gasteiger partial charge in [-0.25, -0.2) is 4.79 Å². The van der Waals surface area contributed by atoms with Crippen molar-refractivity contribution in [1.82, 2.24) is 9.88 Å². The summed E-state index contributed by atoms with van der Waals surface area (Å²) in [4.78, 5) is 17.9. The van der Waals surface area contributed by atoms with Crippen LogP contribution in [-0.2, 0) is 6.42 Å². The molecule has 2 aromatic rings. The fourth-order valence-electron chi connectivity index (χ4n) is 2.22. The number of anilines is 1. The molecular weight excluding hydrogens is 298 g/mol. The quantitative estimate of drug-likeness (QED) is 0.924. The number of benzene rings is 1. The Labute approximate surface area is 136 Å². The van der Waals surface area contributed by atoms with Crippen molar-refractivity contribution in [1.29, 1.82) is 0 Å². The van der Waals surface area contributed by atoms with Crippen molar-refractivity contribution in [2.75, 3.05) is 18.9 Å². The number of carbonyl (C=O) groups is 1. The molecule has 0 saturated carbocycles. The number of nitrogens with zero attached hydrogens (tertiary/aromatic N) is 2. The van der Waals surface area contributed by atoms with Crippen molar-refractivity contribution in [2.24, 2.45) is 0 Å². The third kappa shape index (κ3) is 4.21. The summed E-state index contributed by atoms with van der Waals surface area (Å²) in [6, 6.07) is 7.59. The molecule has 0 aliphatic rings. The molecule has 0 fully saturated rings. The van der Waals surface area contributed by atoms with E-state index in [1.807, 2.05) is 38.1 Å². The second-order valence-electron chi connectivity index (χ2n) is 5.40.